The Bertz CT molecular complexity index is 523. The lowest BCUT2D eigenvalue weighted by molar-refractivity contribution is -0.385. The van der Waals surface area contributed by atoms with E-state index in [1.54, 1.807) is 18.2 Å². The molecule has 16 heavy (non-hydrogen) atoms. The van der Waals surface area contributed by atoms with Crippen molar-refractivity contribution in [2.45, 2.75) is 6.54 Å². The number of anilines is 1. The van der Waals surface area contributed by atoms with Crippen LogP contribution in [0.1, 0.15) is 5.56 Å². The van der Waals surface area contributed by atoms with E-state index in [9.17, 15) is 10.1 Å². The van der Waals surface area contributed by atoms with Crippen molar-refractivity contribution in [3.63, 3.8) is 0 Å². The molecule has 1 aromatic carbocycles. The Labute approximate surface area is 89.8 Å². The van der Waals surface area contributed by atoms with Gasteiger partial charge in [0.05, 0.1) is 17.0 Å². The average molecular weight is 220 g/mol. The van der Waals surface area contributed by atoms with Gasteiger partial charge in [0.1, 0.15) is 0 Å². The lowest BCUT2D eigenvalue weighted by Gasteiger charge is -2.02. The smallest absolute Gasteiger partial charge is 0.274 e. The van der Waals surface area contributed by atoms with Gasteiger partial charge in [-0.1, -0.05) is 23.3 Å². The molecule has 0 amide bonds. The summed E-state index contributed by atoms with van der Waals surface area (Å²) in [7, 11) is 0. The van der Waals surface area contributed by atoms with Crippen molar-refractivity contribution >= 4 is 11.6 Å². The third-order valence-corrected chi connectivity index (χ3v) is 2.07. The van der Waals surface area contributed by atoms with Gasteiger partial charge in [-0.2, -0.15) is 0 Å². The average Bonchev–Trinajstić information content (AvgIpc) is 2.65. The molecule has 0 radical (unpaired) electrons. The molecule has 0 aliphatic rings. The molecular weight excluding hydrogens is 212 g/mol. The zero-order valence-electron chi connectivity index (χ0n) is 8.15. The molecule has 2 rings (SSSR count). The van der Waals surface area contributed by atoms with Crippen LogP contribution >= 0.6 is 0 Å². The number of tetrazole rings is 1. The quantitative estimate of drug-likeness (QED) is 0.584. The second-order valence-corrected chi connectivity index (χ2v) is 3.08. The molecule has 0 fully saturated rings. The van der Waals surface area contributed by atoms with Crippen LogP contribution < -0.4 is 5.73 Å². The molecule has 0 saturated heterocycles. The SMILES string of the molecule is Nc1nnnn1Cc1ccccc1[N+](=O)[O-]. The number of hydrogen-bond donors (Lipinski definition) is 1. The number of nitro groups is 1. The summed E-state index contributed by atoms with van der Waals surface area (Å²) in [5.74, 6) is 0.123. The summed E-state index contributed by atoms with van der Waals surface area (Å²) >= 11 is 0. The molecule has 1 aromatic heterocycles. The second-order valence-electron chi connectivity index (χ2n) is 3.08. The van der Waals surface area contributed by atoms with Crippen LogP contribution in [-0.4, -0.2) is 25.1 Å². The highest BCUT2D eigenvalue weighted by molar-refractivity contribution is 5.40. The first-order valence-corrected chi connectivity index (χ1v) is 4.42. The van der Waals surface area contributed by atoms with E-state index < -0.39 is 4.92 Å². The van der Waals surface area contributed by atoms with Crippen LogP contribution in [0.5, 0.6) is 0 Å². The van der Waals surface area contributed by atoms with Crippen LogP contribution in [0.15, 0.2) is 24.3 Å². The maximum atomic E-state index is 10.7. The number of nitrogens with zero attached hydrogens (tertiary/aromatic N) is 5. The van der Waals surface area contributed by atoms with Gasteiger partial charge >= 0.3 is 0 Å². The Kier molecular flexibility index (Phi) is 2.46. The van der Waals surface area contributed by atoms with Crippen molar-refractivity contribution in [1.82, 2.24) is 20.2 Å². The molecule has 82 valence electrons. The van der Waals surface area contributed by atoms with Crippen molar-refractivity contribution in [2.75, 3.05) is 5.73 Å². The van der Waals surface area contributed by atoms with E-state index in [0.717, 1.165) is 0 Å². The summed E-state index contributed by atoms with van der Waals surface area (Å²) in [5.41, 5.74) is 6.00. The molecule has 2 aromatic rings. The topological polar surface area (TPSA) is 113 Å². The third-order valence-electron chi connectivity index (χ3n) is 2.07. The number of benzene rings is 1. The fourth-order valence-electron chi connectivity index (χ4n) is 1.31. The van der Waals surface area contributed by atoms with Gasteiger partial charge in [-0.05, 0) is 10.4 Å². The molecule has 8 heteroatoms. The summed E-state index contributed by atoms with van der Waals surface area (Å²) in [6, 6.07) is 6.38. The van der Waals surface area contributed by atoms with Crippen molar-refractivity contribution in [3.05, 3.63) is 39.9 Å². The Hall–Kier alpha value is -2.51. The minimum Gasteiger partial charge on any atom is -0.367 e. The Balaban J connectivity index is 2.35. The van der Waals surface area contributed by atoms with Gasteiger partial charge in [-0.15, -0.1) is 0 Å². The molecule has 0 atom stereocenters. The maximum absolute atomic E-state index is 10.7. The number of para-hydroxylation sites is 1. The number of nitrogens with two attached hydrogens (primary N) is 1. The van der Waals surface area contributed by atoms with Crippen molar-refractivity contribution < 1.29 is 4.92 Å². The molecular formula is C8H8N6O2. The van der Waals surface area contributed by atoms with Crippen molar-refractivity contribution in [1.29, 1.82) is 0 Å². The molecule has 0 bridgehead atoms. The van der Waals surface area contributed by atoms with Crippen LogP contribution in [0, 0.1) is 10.1 Å². The fraction of sp³-hybridized carbons (Fsp3) is 0.125. The first-order valence-electron chi connectivity index (χ1n) is 4.42. The summed E-state index contributed by atoms with van der Waals surface area (Å²) in [6.45, 7) is 0.177. The van der Waals surface area contributed by atoms with E-state index in [-0.39, 0.29) is 18.2 Å². The maximum Gasteiger partial charge on any atom is 0.274 e. The number of hydrogen-bond acceptors (Lipinski definition) is 6. The van der Waals surface area contributed by atoms with E-state index in [2.05, 4.69) is 15.5 Å². The summed E-state index contributed by atoms with van der Waals surface area (Å²) < 4.78 is 1.29. The van der Waals surface area contributed by atoms with Gasteiger partial charge < -0.3 is 5.73 Å². The third kappa shape index (κ3) is 1.80. The van der Waals surface area contributed by atoms with Crippen molar-refractivity contribution in [3.8, 4) is 0 Å². The van der Waals surface area contributed by atoms with Gasteiger partial charge in [0.15, 0.2) is 0 Å². The van der Waals surface area contributed by atoms with Gasteiger partial charge in [0.25, 0.3) is 5.69 Å². The van der Waals surface area contributed by atoms with E-state index in [4.69, 9.17) is 5.73 Å². The number of aromatic nitrogens is 4. The zero-order chi connectivity index (χ0) is 11.5. The van der Waals surface area contributed by atoms with E-state index in [1.807, 2.05) is 0 Å². The zero-order valence-corrected chi connectivity index (χ0v) is 8.15. The standard InChI is InChI=1S/C8H8N6O2/c9-8-10-11-12-13(8)5-6-3-1-2-4-7(6)14(15)16/h1-4H,5H2,(H2,9,10,12). The van der Waals surface area contributed by atoms with E-state index >= 15 is 0 Å². The Morgan fingerprint density at radius 3 is 2.81 bits per heavy atom. The molecule has 0 spiro atoms. The first kappa shape index (κ1) is 10.0. The summed E-state index contributed by atoms with van der Waals surface area (Å²) in [4.78, 5) is 10.3. The van der Waals surface area contributed by atoms with Crippen LogP contribution in [-0.2, 0) is 6.54 Å². The molecule has 0 aliphatic carbocycles. The summed E-state index contributed by atoms with van der Waals surface area (Å²) in [6.07, 6.45) is 0. The highest BCUT2D eigenvalue weighted by atomic mass is 16.6. The summed E-state index contributed by atoms with van der Waals surface area (Å²) in [5, 5.41) is 21.2. The predicted molar refractivity (Wildman–Crippen MR) is 54.4 cm³/mol. The van der Waals surface area contributed by atoms with Crippen LogP contribution in [0.3, 0.4) is 0 Å². The lowest BCUT2D eigenvalue weighted by atomic mass is 10.2. The number of rotatable bonds is 3. The Morgan fingerprint density at radius 2 is 2.19 bits per heavy atom. The second kappa shape index (κ2) is 3.93. The fourth-order valence-corrected chi connectivity index (χ4v) is 1.31. The normalized spacial score (nSPS) is 10.2. The van der Waals surface area contributed by atoms with Gasteiger partial charge in [0.2, 0.25) is 5.95 Å². The van der Waals surface area contributed by atoms with Crippen molar-refractivity contribution in [2.24, 2.45) is 0 Å². The highest BCUT2D eigenvalue weighted by Crippen LogP contribution is 2.18. The number of nitro benzene ring substituents is 1. The van der Waals surface area contributed by atoms with Gasteiger partial charge in [0, 0.05) is 6.07 Å². The van der Waals surface area contributed by atoms with Gasteiger partial charge in [-0.25, -0.2) is 4.68 Å². The first-order chi connectivity index (χ1) is 7.68. The molecule has 0 unspecified atom stereocenters. The van der Waals surface area contributed by atoms with Crippen LogP contribution in [0.4, 0.5) is 11.6 Å². The minimum atomic E-state index is -0.449. The van der Waals surface area contributed by atoms with E-state index in [1.165, 1.54) is 10.7 Å². The van der Waals surface area contributed by atoms with E-state index in [0.29, 0.717) is 5.56 Å². The van der Waals surface area contributed by atoms with Crippen LogP contribution in [0.2, 0.25) is 0 Å². The van der Waals surface area contributed by atoms with Gasteiger partial charge in [-0.3, -0.25) is 10.1 Å². The minimum absolute atomic E-state index is 0.0254. The molecule has 0 aliphatic heterocycles. The highest BCUT2D eigenvalue weighted by Gasteiger charge is 2.14. The molecule has 0 saturated carbocycles. The van der Waals surface area contributed by atoms with Crippen LogP contribution in [0.25, 0.3) is 0 Å². The number of nitrogen functional groups attached to an aromatic ring is 1. The Morgan fingerprint density at radius 1 is 1.44 bits per heavy atom. The predicted octanol–water partition coefficient (Wildman–Crippen LogP) is 0.212. The molecule has 1 heterocycles. The molecule has 2 N–H and O–H groups in total. The monoisotopic (exact) mass is 220 g/mol. The largest absolute Gasteiger partial charge is 0.367 e. The molecule has 8 nitrogen and oxygen atoms in total. The lowest BCUT2D eigenvalue weighted by Crippen LogP contribution is -2.08.